The van der Waals surface area contributed by atoms with Crippen molar-refractivity contribution in [2.45, 2.75) is 26.3 Å². The summed E-state index contributed by atoms with van der Waals surface area (Å²) in [6, 6.07) is 11.7. The molecule has 0 N–H and O–H groups in total. The van der Waals surface area contributed by atoms with Crippen molar-refractivity contribution in [3.05, 3.63) is 57.6 Å². The van der Waals surface area contributed by atoms with Crippen LogP contribution in [0, 0.1) is 0 Å². The van der Waals surface area contributed by atoms with E-state index >= 15 is 0 Å². The van der Waals surface area contributed by atoms with Gasteiger partial charge in [0.1, 0.15) is 0 Å². The minimum absolute atomic E-state index is 0.0581. The molecule has 26 heavy (non-hydrogen) atoms. The zero-order valence-electron chi connectivity index (χ0n) is 15.2. The van der Waals surface area contributed by atoms with E-state index in [-0.39, 0.29) is 11.9 Å². The first-order chi connectivity index (χ1) is 12.4. The van der Waals surface area contributed by atoms with Crippen LogP contribution in [0.15, 0.2) is 46.0 Å². The van der Waals surface area contributed by atoms with E-state index in [0.29, 0.717) is 17.9 Å². The van der Waals surface area contributed by atoms with Crippen LogP contribution in [0.4, 0.5) is 0 Å². The van der Waals surface area contributed by atoms with Gasteiger partial charge in [-0.05, 0) is 43.2 Å². The Morgan fingerprint density at radius 1 is 1.15 bits per heavy atom. The number of hydrogen-bond acceptors (Lipinski definition) is 4. The quantitative estimate of drug-likeness (QED) is 0.759. The number of halogens is 1. The van der Waals surface area contributed by atoms with Gasteiger partial charge >= 0.3 is 0 Å². The van der Waals surface area contributed by atoms with Gasteiger partial charge in [0, 0.05) is 22.5 Å². The van der Waals surface area contributed by atoms with Gasteiger partial charge in [0.15, 0.2) is 11.5 Å². The lowest BCUT2D eigenvalue weighted by Crippen LogP contribution is -2.33. The number of hydrogen-bond donors (Lipinski definition) is 0. The summed E-state index contributed by atoms with van der Waals surface area (Å²) < 4.78 is 11.9. The first kappa shape index (κ1) is 18.5. The molecule has 3 rings (SSSR count). The van der Waals surface area contributed by atoms with Crippen molar-refractivity contribution in [2.24, 2.45) is 5.10 Å². The molecular weight excluding hydrogens is 396 g/mol. The van der Waals surface area contributed by atoms with E-state index in [1.54, 1.807) is 19.2 Å². The molecule has 6 heteroatoms. The Labute approximate surface area is 161 Å². The minimum atomic E-state index is -0.0844. The van der Waals surface area contributed by atoms with Gasteiger partial charge < -0.3 is 9.47 Å². The summed E-state index contributed by atoms with van der Waals surface area (Å²) in [5.74, 6) is 1.23. The second-order valence-corrected chi connectivity index (χ2v) is 7.15. The highest BCUT2D eigenvalue weighted by molar-refractivity contribution is 9.10. The van der Waals surface area contributed by atoms with Gasteiger partial charge in [0.05, 0.1) is 26.0 Å². The lowest BCUT2D eigenvalue weighted by atomic mass is 9.94. The molecule has 1 atom stereocenters. The molecule has 1 heterocycles. The van der Waals surface area contributed by atoms with E-state index in [0.717, 1.165) is 26.9 Å². The van der Waals surface area contributed by atoms with Crippen molar-refractivity contribution >= 4 is 27.5 Å². The van der Waals surface area contributed by atoms with E-state index in [4.69, 9.17) is 14.6 Å². The summed E-state index contributed by atoms with van der Waals surface area (Å²) in [6.07, 6.45) is 0.679. The lowest BCUT2D eigenvalue weighted by Gasteiger charge is -2.21. The molecule has 0 saturated carbocycles. The standard InChI is InChI=1S/C20H21BrN2O3/c1-12-9-15-10-18(25-3)19(26-4)11-17(15)20(22-23(12)13(2)24)14-5-7-16(21)8-6-14/h5-8,10-12H,9H2,1-4H3. The topological polar surface area (TPSA) is 51.1 Å². The van der Waals surface area contributed by atoms with Gasteiger partial charge in [-0.1, -0.05) is 28.1 Å². The number of amides is 1. The Morgan fingerprint density at radius 2 is 1.77 bits per heavy atom. The third kappa shape index (κ3) is 3.46. The van der Waals surface area contributed by atoms with Gasteiger partial charge in [0.2, 0.25) is 5.91 Å². The number of hydrazone groups is 1. The molecule has 0 aliphatic carbocycles. The van der Waals surface area contributed by atoms with E-state index in [9.17, 15) is 4.79 Å². The second kappa shape index (κ2) is 7.50. The van der Waals surface area contributed by atoms with Crippen molar-refractivity contribution in [1.82, 2.24) is 5.01 Å². The maximum atomic E-state index is 12.2. The Bertz CT molecular complexity index is 862. The maximum Gasteiger partial charge on any atom is 0.239 e. The summed E-state index contributed by atoms with van der Waals surface area (Å²) in [5.41, 5.74) is 3.69. The predicted octanol–water partition coefficient (Wildman–Crippen LogP) is 4.01. The third-order valence-corrected chi connectivity index (χ3v) is 4.97. The largest absolute Gasteiger partial charge is 0.493 e. The van der Waals surface area contributed by atoms with Gasteiger partial charge in [-0.3, -0.25) is 4.79 Å². The van der Waals surface area contributed by atoms with Crippen LogP contribution in [-0.2, 0) is 11.2 Å². The molecular formula is C20H21BrN2O3. The number of ether oxygens (including phenoxy) is 2. The van der Waals surface area contributed by atoms with Crippen molar-refractivity contribution in [2.75, 3.05) is 14.2 Å². The van der Waals surface area contributed by atoms with Gasteiger partial charge in [-0.15, -0.1) is 0 Å². The monoisotopic (exact) mass is 416 g/mol. The fraction of sp³-hybridized carbons (Fsp3) is 0.300. The first-order valence-corrected chi connectivity index (χ1v) is 9.13. The van der Waals surface area contributed by atoms with E-state index < -0.39 is 0 Å². The van der Waals surface area contributed by atoms with Gasteiger partial charge in [0.25, 0.3) is 0 Å². The van der Waals surface area contributed by atoms with E-state index in [2.05, 4.69) is 15.9 Å². The molecule has 1 unspecified atom stereocenters. The number of fused-ring (bicyclic) bond motifs is 1. The second-order valence-electron chi connectivity index (χ2n) is 6.24. The molecule has 0 aromatic heterocycles. The predicted molar refractivity (Wildman–Crippen MR) is 105 cm³/mol. The number of methoxy groups -OCH3 is 2. The number of nitrogens with zero attached hydrogens (tertiary/aromatic N) is 2. The van der Waals surface area contributed by atoms with Crippen LogP contribution in [0.5, 0.6) is 11.5 Å². The van der Waals surface area contributed by atoms with E-state index in [1.807, 2.05) is 43.3 Å². The van der Waals surface area contributed by atoms with Crippen LogP contribution in [0.25, 0.3) is 0 Å². The van der Waals surface area contributed by atoms with Crippen molar-refractivity contribution in [1.29, 1.82) is 0 Å². The van der Waals surface area contributed by atoms with Crippen LogP contribution in [0.3, 0.4) is 0 Å². The summed E-state index contributed by atoms with van der Waals surface area (Å²) in [7, 11) is 3.23. The van der Waals surface area contributed by atoms with Crippen LogP contribution in [-0.4, -0.2) is 36.9 Å². The molecule has 0 radical (unpaired) electrons. The summed E-state index contributed by atoms with van der Waals surface area (Å²) in [6.45, 7) is 3.53. The smallest absolute Gasteiger partial charge is 0.239 e. The van der Waals surface area contributed by atoms with Crippen LogP contribution < -0.4 is 9.47 Å². The van der Waals surface area contributed by atoms with Crippen molar-refractivity contribution in [3.8, 4) is 11.5 Å². The molecule has 0 saturated heterocycles. The molecule has 5 nitrogen and oxygen atoms in total. The average molecular weight is 417 g/mol. The highest BCUT2D eigenvalue weighted by atomic mass is 79.9. The molecule has 1 amide bonds. The Morgan fingerprint density at radius 3 is 2.35 bits per heavy atom. The fourth-order valence-electron chi connectivity index (χ4n) is 3.18. The number of carbonyl (C=O) groups is 1. The van der Waals surface area contributed by atoms with Crippen molar-refractivity contribution in [3.63, 3.8) is 0 Å². The molecule has 1 aliphatic heterocycles. The molecule has 0 fully saturated rings. The average Bonchev–Trinajstić information content (AvgIpc) is 2.77. The molecule has 0 bridgehead atoms. The van der Waals surface area contributed by atoms with Crippen LogP contribution in [0.2, 0.25) is 0 Å². The number of rotatable bonds is 3. The summed E-state index contributed by atoms with van der Waals surface area (Å²) >= 11 is 3.46. The summed E-state index contributed by atoms with van der Waals surface area (Å²) in [5, 5.41) is 6.27. The Hall–Kier alpha value is -2.34. The third-order valence-electron chi connectivity index (χ3n) is 4.45. The summed E-state index contributed by atoms with van der Waals surface area (Å²) in [4.78, 5) is 12.2. The first-order valence-electron chi connectivity index (χ1n) is 8.34. The highest BCUT2D eigenvalue weighted by Crippen LogP contribution is 2.34. The SMILES string of the molecule is COc1cc2c(cc1OC)C(c1ccc(Br)cc1)=NN(C(C)=O)C(C)C2. The molecule has 2 aromatic carbocycles. The maximum absolute atomic E-state index is 12.2. The van der Waals surface area contributed by atoms with Crippen molar-refractivity contribution < 1.29 is 14.3 Å². The number of carbonyl (C=O) groups excluding carboxylic acids is 1. The highest BCUT2D eigenvalue weighted by Gasteiger charge is 2.27. The Balaban J connectivity index is 2.25. The Kier molecular flexibility index (Phi) is 5.32. The lowest BCUT2D eigenvalue weighted by molar-refractivity contribution is -0.130. The molecule has 0 spiro atoms. The fourth-order valence-corrected chi connectivity index (χ4v) is 3.44. The normalized spacial score (nSPS) is 16.4. The zero-order chi connectivity index (χ0) is 18.8. The molecule has 136 valence electrons. The molecule has 1 aliphatic rings. The van der Waals surface area contributed by atoms with Gasteiger partial charge in [-0.2, -0.15) is 5.10 Å². The minimum Gasteiger partial charge on any atom is -0.493 e. The van der Waals surface area contributed by atoms with Crippen LogP contribution >= 0.6 is 15.9 Å². The van der Waals surface area contributed by atoms with Crippen LogP contribution in [0.1, 0.15) is 30.5 Å². The number of benzene rings is 2. The van der Waals surface area contributed by atoms with Gasteiger partial charge in [-0.25, -0.2) is 5.01 Å². The van der Waals surface area contributed by atoms with E-state index in [1.165, 1.54) is 6.92 Å². The molecule has 2 aromatic rings. The zero-order valence-corrected chi connectivity index (χ0v) is 16.8.